The van der Waals surface area contributed by atoms with Crippen LogP contribution in [0.5, 0.6) is 0 Å². The molecule has 0 bridgehead atoms. The molecule has 0 amide bonds. The van der Waals surface area contributed by atoms with Gasteiger partial charge in [-0.1, -0.05) is 24.3 Å². The highest BCUT2D eigenvalue weighted by molar-refractivity contribution is 5.21. The predicted molar refractivity (Wildman–Crippen MR) is 91.4 cm³/mol. The second kappa shape index (κ2) is 7.44. The van der Waals surface area contributed by atoms with E-state index >= 15 is 0 Å². The minimum atomic E-state index is -0.115. The maximum atomic E-state index is 13.0. The molecular weight excluding hydrogens is 271 g/mol. The second-order valence-corrected chi connectivity index (χ2v) is 7.36. The molecule has 0 atom stereocenters. The van der Waals surface area contributed by atoms with Crippen LogP contribution in [-0.2, 0) is 0 Å². The van der Waals surface area contributed by atoms with Gasteiger partial charge in [-0.3, -0.25) is 0 Å². The molecule has 0 radical (unpaired) electrons. The number of allylic oxidation sites excluding steroid dienone is 2. The van der Waals surface area contributed by atoms with Gasteiger partial charge in [0.25, 0.3) is 0 Å². The maximum Gasteiger partial charge on any atom is 0.123 e. The fourth-order valence-electron chi connectivity index (χ4n) is 4.74. The Hall–Kier alpha value is -1.11. The van der Waals surface area contributed by atoms with E-state index in [-0.39, 0.29) is 5.82 Å². The van der Waals surface area contributed by atoms with Crippen LogP contribution in [0.25, 0.3) is 0 Å². The summed E-state index contributed by atoms with van der Waals surface area (Å²) < 4.78 is 13.0. The first-order chi connectivity index (χ1) is 10.8. The minimum absolute atomic E-state index is 0.115. The third kappa shape index (κ3) is 3.80. The Kier molecular flexibility index (Phi) is 5.33. The summed E-state index contributed by atoms with van der Waals surface area (Å²) in [7, 11) is 0. The van der Waals surface area contributed by atoms with E-state index in [2.05, 4.69) is 19.1 Å². The van der Waals surface area contributed by atoms with Gasteiger partial charge >= 0.3 is 0 Å². The second-order valence-electron chi connectivity index (χ2n) is 7.36. The van der Waals surface area contributed by atoms with E-state index in [1.807, 2.05) is 12.1 Å². The van der Waals surface area contributed by atoms with Gasteiger partial charge in [0, 0.05) is 0 Å². The fraction of sp³-hybridized carbons (Fsp3) is 0.619. The summed E-state index contributed by atoms with van der Waals surface area (Å²) >= 11 is 0. The average Bonchev–Trinajstić information content (AvgIpc) is 2.57. The Bertz CT molecular complexity index is 471. The SMILES string of the molecule is CC=C[C@H]1CC[C@H]([C@H]2CC[C@H](c3ccc(F)cc3)CC2)CC1. The molecule has 0 nitrogen and oxygen atoms in total. The number of hydrogen-bond donors (Lipinski definition) is 0. The number of benzene rings is 1. The quantitative estimate of drug-likeness (QED) is 0.560. The monoisotopic (exact) mass is 300 g/mol. The van der Waals surface area contributed by atoms with Crippen molar-refractivity contribution in [3.63, 3.8) is 0 Å². The standard InChI is InChI=1S/C21H29F/c1-2-3-16-4-6-17(7-5-16)18-8-10-19(11-9-18)20-12-14-21(22)15-13-20/h2-3,12-19H,4-11H2,1H3/t16-,17-,18-,19-. The van der Waals surface area contributed by atoms with Gasteiger partial charge < -0.3 is 0 Å². The molecule has 2 fully saturated rings. The molecule has 2 aliphatic rings. The van der Waals surface area contributed by atoms with Crippen molar-refractivity contribution in [2.45, 2.75) is 64.2 Å². The Morgan fingerprint density at radius 2 is 1.36 bits per heavy atom. The molecule has 1 heteroatoms. The molecular formula is C21H29F. The van der Waals surface area contributed by atoms with E-state index in [1.165, 1.54) is 56.9 Å². The van der Waals surface area contributed by atoms with Crippen molar-refractivity contribution in [1.29, 1.82) is 0 Å². The average molecular weight is 300 g/mol. The first-order valence-electron chi connectivity index (χ1n) is 9.14. The van der Waals surface area contributed by atoms with Gasteiger partial charge in [0.15, 0.2) is 0 Å². The van der Waals surface area contributed by atoms with Crippen LogP contribution in [0.4, 0.5) is 4.39 Å². The molecule has 1 aromatic carbocycles. The van der Waals surface area contributed by atoms with Gasteiger partial charge in [0.1, 0.15) is 5.82 Å². The third-order valence-electron chi connectivity index (χ3n) is 6.06. The van der Waals surface area contributed by atoms with E-state index < -0.39 is 0 Å². The molecule has 0 heterocycles. The van der Waals surface area contributed by atoms with Gasteiger partial charge in [-0.2, -0.15) is 0 Å². The van der Waals surface area contributed by atoms with Gasteiger partial charge in [-0.05, 0) is 99.7 Å². The Morgan fingerprint density at radius 1 is 0.818 bits per heavy atom. The summed E-state index contributed by atoms with van der Waals surface area (Å²) in [4.78, 5) is 0. The van der Waals surface area contributed by atoms with Crippen molar-refractivity contribution in [2.24, 2.45) is 17.8 Å². The zero-order valence-corrected chi connectivity index (χ0v) is 13.8. The number of halogens is 1. The lowest BCUT2D eigenvalue weighted by atomic mass is 9.68. The smallest absolute Gasteiger partial charge is 0.123 e. The van der Waals surface area contributed by atoms with E-state index in [0.717, 1.165) is 17.8 Å². The molecule has 0 spiro atoms. The van der Waals surface area contributed by atoms with Gasteiger partial charge in [-0.15, -0.1) is 0 Å². The lowest BCUT2D eigenvalue weighted by Crippen LogP contribution is -2.25. The molecule has 0 aliphatic heterocycles. The highest BCUT2D eigenvalue weighted by Crippen LogP contribution is 2.44. The molecule has 22 heavy (non-hydrogen) atoms. The lowest BCUT2D eigenvalue weighted by Gasteiger charge is -2.37. The van der Waals surface area contributed by atoms with Crippen LogP contribution < -0.4 is 0 Å². The van der Waals surface area contributed by atoms with Crippen LogP contribution in [0.2, 0.25) is 0 Å². The summed E-state index contributed by atoms with van der Waals surface area (Å²) in [6.45, 7) is 2.14. The molecule has 0 aromatic heterocycles. The number of hydrogen-bond acceptors (Lipinski definition) is 0. The first kappa shape index (κ1) is 15.8. The largest absolute Gasteiger partial charge is 0.207 e. The zero-order valence-electron chi connectivity index (χ0n) is 13.8. The molecule has 1 aromatic rings. The summed E-state index contributed by atoms with van der Waals surface area (Å²) in [6, 6.07) is 7.21. The van der Waals surface area contributed by atoms with Gasteiger partial charge in [-0.25, -0.2) is 4.39 Å². The summed E-state index contributed by atoms with van der Waals surface area (Å²) in [5, 5.41) is 0. The molecule has 0 N–H and O–H groups in total. The Labute approximate surface area is 134 Å². The number of rotatable bonds is 3. The molecule has 2 saturated carbocycles. The summed E-state index contributed by atoms with van der Waals surface area (Å²) in [5.41, 5.74) is 1.34. The maximum absolute atomic E-state index is 13.0. The lowest BCUT2D eigenvalue weighted by molar-refractivity contribution is 0.171. The van der Waals surface area contributed by atoms with Crippen molar-refractivity contribution < 1.29 is 4.39 Å². The van der Waals surface area contributed by atoms with Crippen molar-refractivity contribution >= 4 is 0 Å². The normalized spacial score (nSPS) is 33.2. The molecule has 3 rings (SSSR count). The van der Waals surface area contributed by atoms with Gasteiger partial charge in [0.05, 0.1) is 0 Å². The van der Waals surface area contributed by atoms with Gasteiger partial charge in [0.2, 0.25) is 0 Å². The molecule has 2 aliphatic carbocycles. The van der Waals surface area contributed by atoms with E-state index in [9.17, 15) is 4.39 Å². The van der Waals surface area contributed by atoms with Crippen LogP contribution in [-0.4, -0.2) is 0 Å². The van der Waals surface area contributed by atoms with E-state index in [1.54, 1.807) is 12.1 Å². The summed E-state index contributed by atoms with van der Waals surface area (Å²) in [6.07, 6.45) is 15.6. The molecule has 120 valence electrons. The van der Waals surface area contributed by atoms with Crippen molar-refractivity contribution in [1.82, 2.24) is 0 Å². The predicted octanol–water partition coefficient (Wildman–Crippen LogP) is 6.48. The Balaban J connectivity index is 1.49. The first-order valence-corrected chi connectivity index (χ1v) is 9.14. The molecule has 0 saturated heterocycles. The van der Waals surface area contributed by atoms with Crippen LogP contribution in [0.15, 0.2) is 36.4 Å². The van der Waals surface area contributed by atoms with Crippen LogP contribution in [0.1, 0.15) is 69.8 Å². The molecule has 0 unspecified atom stereocenters. The fourth-order valence-corrected chi connectivity index (χ4v) is 4.74. The summed E-state index contributed by atoms with van der Waals surface area (Å²) in [5.74, 6) is 3.31. The highest BCUT2D eigenvalue weighted by atomic mass is 19.1. The van der Waals surface area contributed by atoms with E-state index in [0.29, 0.717) is 5.92 Å². The topological polar surface area (TPSA) is 0 Å². The highest BCUT2D eigenvalue weighted by Gasteiger charge is 2.30. The van der Waals surface area contributed by atoms with Crippen molar-refractivity contribution in [2.75, 3.05) is 0 Å². The Morgan fingerprint density at radius 3 is 1.91 bits per heavy atom. The van der Waals surface area contributed by atoms with Crippen LogP contribution >= 0.6 is 0 Å². The van der Waals surface area contributed by atoms with E-state index in [4.69, 9.17) is 0 Å². The third-order valence-corrected chi connectivity index (χ3v) is 6.06. The van der Waals surface area contributed by atoms with Crippen molar-refractivity contribution in [3.05, 3.63) is 47.8 Å². The minimum Gasteiger partial charge on any atom is -0.207 e. The van der Waals surface area contributed by atoms with Crippen molar-refractivity contribution in [3.8, 4) is 0 Å². The van der Waals surface area contributed by atoms with Crippen LogP contribution in [0, 0.1) is 23.6 Å². The van der Waals surface area contributed by atoms with Crippen LogP contribution in [0.3, 0.4) is 0 Å². The zero-order chi connectivity index (χ0) is 15.4.